The number of ether oxygens (including phenoxy) is 2. The molecule has 0 aliphatic carbocycles. The van der Waals surface area contributed by atoms with Gasteiger partial charge < -0.3 is 24.1 Å². The van der Waals surface area contributed by atoms with Crippen molar-refractivity contribution in [2.45, 2.75) is 83.5 Å². The number of carbonyl (C=O) groups is 1. The van der Waals surface area contributed by atoms with Crippen molar-refractivity contribution in [3.63, 3.8) is 0 Å². The van der Waals surface area contributed by atoms with Crippen molar-refractivity contribution in [3.8, 4) is 0 Å². The third-order valence-electron chi connectivity index (χ3n) is 6.92. The van der Waals surface area contributed by atoms with Crippen LogP contribution in [-0.4, -0.2) is 58.6 Å². The highest BCUT2D eigenvalue weighted by molar-refractivity contribution is 6.74. The van der Waals surface area contributed by atoms with E-state index < -0.39 is 56.6 Å². The van der Waals surface area contributed by atoms with Gasteiger partial charge in [0.2, 0.25) is 0 Å². The van der Waals surface area contributed by atoms with Gasteiger partial charge in [-0.25, -0.2) is 9.36 Å². The van der Waals surface area contributed by atoms with Crippen molar-refractivity contribution in [2.24, 2.45) is 0 Å². The number of carbonyl (C=O) groups excluding carboxylic acids is 1. The summed E-state index contributed by atoms with van der Waals surface area (Å²) in [4.78, 5) is 38.2. The summed E-state index contributed by atoms with van der Waals surface area (Å²) >= 11 is 0. The van der Waals surface area contributed by atoms with Crippen LogP contribution >= 0.6 is 0 Å². The monoisotopic (exact) mass is 520 g/mol. The van der Waals surface area contributed by atoms with Gasteiger partial charge in [0.1, 0.15) is 31.5 Å². The summed E-state index contributed by atoms with van der Waals surface area (Å²) in [6, 6.07) is 9.02. The van der Waals surface area contributed by atoms with Crippen LogP contribution in [0.3, 0.4) is 0 Å². The summed E-state index contributed by atoms with van der Waals surface area (Å²) < 4.78 is 19.0. The van der Waals surface area contributed by atoms with E-state index in [0.717, 1.165) is 14.7 Å². The number of aliphatic hydroxyl groups is 2. The molecule has 0 bridgehead atoms. The lowest BCUT2D eigenvalue weighted by molar-refractivity contribution is -0.145. The zero-order valence-electron chi connectivity index (χ0n) is 21.6. The van der Waals surface area contributed by atoms with Crippen molar-refractivity contribution in [2.75, 3.05) is 6.61 Å². The lowest BCUT2D eigenvalue weighted by atomic mass is 10.1. The summed E-state index contributed by atoms with van der Waals surface area (Å²) in [6.07, 6.45) is -3.61. The van der Waals surface area contributed by atoms with Gasteiger partial charge in [-0.05, 0) is 30.6 Å². The van der Waals surface area contributed by atoms with E-state index in [0.29, 0.717) is 0 Å². The molecule has 2 heterocycles. The number of benzene rings is 1. The minimum Gasteiger partial charge on any atom is -0.459 e. The predicted molar refractivity (Wildman–Crippen MR) is 135 cm³/mol. The average molecular weight is 521 g/mol. The molecule has 10 nitrogen and oxygen atoms in total. The Balaban J connectivity index is 1.78. The van der Waals surface area contributed by atoms with Crippen molar-refractivity contribution >= 4 is 14.3 Å². The zero-order chi connectivity index (χ0) is 26.8. The fourth-order valence-corrected chi connectivity index (χ4v) is 4.61. The molecule has 4 atom stereocenters. The summed E-state index contributed by atoms with van der Waals surface area (Å²) in [6.45, 7) is 11.3. The smallest absolute Gasteiger partial charge is 0.333 e. The van der Waals surface area contributed by atoms with E-state index in [2.05, 4.69) is 33.9 Å². The molecule has 1 aliphatic rings. The summed E-state index contributed by atoms with van der Waals surface area (Å²) in [5, 5.41) is 21.2. The van der Waals surface area contributed by atoms with Gasteiger partial charge in [-0.15, -0.1) is 0 Å². The average Bonchev–Trinajstić information content (AvgIpc) is 3.10. The Bertz CT molecular complexity index is 1190. The largest absolute Gasteiger partial charge is 0.459 e. The molecule has 11 heteroatoms. The second-order valence-electron chi connectivity index (χ2n) is 10.7. The van der Waals surface area contributed by atoms with Gasteiger partial charge in [0.05, 0.1) is 6.61 Å². The molecule has 0 spiro atoms. The number of aromatic nitrogens is 2. The van der Waals surface area contributed by atoms with Gasteiger partial charge >= 0.3 is 11.7 Å². The molecule has 1 fully saturated rings. The summed E-state index contributed by atoms with van der Waals surface area (Å²) in [7, 11) is -2.15. The molecule has 198 valence electrons. The predicted octanol–water partition coefficient (Wildman–Crippen LogP) is 1.70. The molecule has 1 aromatic heterocycles. The standard InChI is InChI=1S/C25H36N2O8Si/c1-16-12-27(23-21(30)20(29)18(35-23)15-34-36(5,6)25(2,3)4)24(32)26(22(16)31)13-19(28)33-14-17-10-8-7-9-11-17/h7-12,18,20-21,23,29-30H,13-15H2,1-6H3/t18-,20-,21-,23-/m1/s1. The first-order valence-electron chi connectivity index (χ1n) is 11.9. The number of esters is 1. The highest BCUT2D eigenvalue weighted by atomic mass is 28.4. The quantitative estimate of drug-likeness (QED) is 0.398. The van der Waals surface area contributed by atoms with Crippen LogP contribution in [0.2, 0.25) is 18.1 Å². The fourth-order valence-electron chi connectivity index (χ4n) is 3.60. The first-order chi connectivity index (χ1) is 16.7. The lowest BCUT2D eigenvalue weighted by Gasteiger charge is -2.37. The number of aryl methyl sites for hydroxylation is 1. The number of rotatable bonds is 8. The van der Waals surface area contributed by atoms with Gasteiger partial charge in [0.15, 0.2) is 14.5 Å². The van der Waals surface area contributed by atoms with Crippen molar-refractivity contribution in [1.29, 1.82) is 0 Å². The van der Waals surface area contributed by atoms with Gasteiger partial charge in [-0.1, -0.05) is 51.1 Å². The second-order valence-corrected chi connectivity index (χ2v) is 15.5. The van der Waals surface area contributed by atoms with E-state index >= 15 is 0 Å². The SMILES string of the molecule is Cc1cn([C@@H]2O[C@H](CO[Si](C)(C)C(C)(C)C)[C@@H](O)[C@H]2O)c(=O)n(CC(=O)OCc2ccccc2)c1=O. The molecule has 3 rings (SSSR count). The molecule has 0 saturated carbocycles. The maximum atomic E-state index is 13.2. The molecule has 2 N–H and O–H groups in total. The summed E-state index contributed by atoms with van der Waals surface area (Å²) in [5.41, 5.74) is -0.581. The van der Waals surface area contributed by atoms with Crippen molar-refractivity contribution < 1.29 is 28.9 Å². The minimum absolute atomic E-state index is 0.000972. The highest BCUT2D eigenvalue weighted by Gasteiger charge is 2.46. The van der Waals surface area contributed by atoms with Crippen molar-refractivity contribution in [1.82, 2.24) is 9.13 Å². The Morgan fingerprint density at radius 2 is 1.75 bits per heavy atom. The first-order valence-corrected chi connectivity index (χ1v) is 14.8. The van der Waals surface area contributed by atoms with Crippen LogP contribution in [0, 0.1) is 6.92 Å². The van der Waals surface area contributed by atoms with Crippen molar-refractivity contribution in [3.05, 3.63) is 68.5 Å². The van der Waals surface area contributed by atoms with Gasteiger partial charge in [0.25, 0.3) is 5.56 Å². The normalized spacial score (nSPS) is 22.6. The maximum Gasteiger partial charge on any atom is 0.333 e. The Morgan fingerprint density at radius 3 is 2.36 bits per heavy atom. The number of hydrogen-bond donors (Lipinski definition) is 2. The molecule has 1 saturated heterocycles. The molecular formula is C25H36N2O8Si. The van der Waals surface area contributed by atoms with E-state index in [1.807, 2.05) is 6.07 Å². The molecule has 0 unspecified atom stereocenters. The molecule has 1 aliphatic heterocycles. The topological polar surface area (TPSA) is 129 Å². The van der Waals surface area contributed by atoms with Crippen LogP contribution in [0.4, 0.5) is 0 Å². The maximum absolute atomic E-state index is 13.2. The number of nitrogens with zero attached hydrogens (tertiary/aromatic N) is 2. The number of aliphatic hydroxyl groups excluding tert-OH is 2. The van der Waals surface area contributed by atoms with E-state index in [9.17, 15) is 24.6 Å². The molecule has 0 radical (unpaired) electrons. The summed E-state index contributed by atoms with van der Waals surface area (Å²) in [5.74, 6) is -0.760. The lowest BCUT2D eigenvalue weighted by Crippen LogP contribution is -2.45. The molecule has 2 aromatic rings. The van der Waals surface area contributed by atoms with Gasteiger partial charge in [-0.2, -0.15) is 0 Å². The Hall–Kier alpha value is -2.57. The Kier molecular flexibility index (Phi) is 8.41. The first kappa shape index (κ1) is 28.0. The molecule has 1 aromatic carbocycles. The Morgan fingerprint density at radius 1 is 1.11 bits per heavy atom. The molecule has 0 amide bonds. The van der Waals surface area contributed by atoms with E-state index in [4.69, 9.17) is 13.9 Å². The number of hydrogen-bond acceptors (Lipinski definition) is 8. The van der Waals surface area contributed by atoms with Crippen LogP contribution in [-0.2, 0) is 31.8 Å². The van der Waals surface area contributed by atoms with Crippen LogP contribution in [0.1, 0.15) is 38.1 Å². The van der Waals surface area contributed by atoms with Crippen LogP contribution in [0.5, 0.6) is 0 Å². The van der Waals surface area contributed by atoms with E-state index in [1.54, 1.807) is 24.3 Å². The fraction of sp³-hybridized carbons (Fsp3) is 0.560. The van der Waals surface area contributed by atoms with Crippen LogP contribution in [0.15, 0.2) is 46.1 Å². The molecule has 36 heavy (non-hydrogen) atoms. The van der Waals surface area contributed by atoms with Crippen LogP contribution in [0.25, 0.3) is 0 Å². The minimum atomic E-state index is -2.15. The highest BCUT2D eigenvalue weighted by Crippen LogP contribution is 2.37. The van der Waals surface area contributed by atoms with Gasteiger partial charge in [0, 0.05) is 11.8 Å². The Labute approximate surface area is 211 Å². The zero-order valence-corrected chi connectivity index (χ0v) is 22.6. The third-order valence-corrected chi connectivity index (χ3v) is 11.4. The van der Waals surface area contributed by atoms with E-state index in [1.165, 1.54) is 13.1 Å². The third kappa shape index (κ3) is 6.04. The van der Waals surface area contributed by atoms with Gasteiger partial charge in [-0.3, -0.25) is 14.2 Å². The van der Waals surface area contributed by atoms with Crippen LogP contribution < -0.4 is 11.2 Å². The molecular weight excluding hydrogens is 484 g/mol. The van der Waals surface area contributed by atoms with E-state index in [-0.39, 0.29) is 23.8 Å². The second kappa shape index (κ2) is 10.8.